The van der Waals surface area contributed by atoms with Crippen molar-refractivity contribution in [3.05, 3.63) is 59.7 Å². The van der Waals surface area contributed by atoms with Gasteiger partial charge < -0.3 is 16.2 Å². The van der Waals surface area contributed by atoms with Crippen molar-refractivity contribution in [2.75, 3.05) is 5.73 Å². The molecule has 0 aromatic heterocycles. The minimum Gasteiger partial charge on any atom is -0.508 e. The van der Waals surface area contributed by atoms with Gasteiger partial charge in [-0.3, -0.25) is 4.79 Å². The SMILES string of the molecule is Nc1ccccc1CNC(=O)Cc1cccc(O)c1. The van der Waals surface area contributed by atoms with Gasteiger partial charge in [-0.15, -0.1) is 0 Å². The molecule has 0 atom stereocenters. The summed E-state index contributed by atoms with van der Waals surface area (Å²) in [6.07, 6.45) is 0.237. The summed E-state index contributed by atoms with van der Waals surface area (Å²) in [5, 5.41) is 12.1. The maximum Gasteiger partial charge on any atom is 0.224 e. The van der Waals surface area contributed by atoms with Crippen LogP contribution < -0.4 is 11.1 Å². The number of nitrogens with two attached hydrogens (primary N) is 1. The van der Waals surface area contributed by atoms with Gasteiger partial charge in [0.1, 0.15) is 5.75 Å². The highest BCUT2D eigenvalue weighted by atomic mass is 16.3. The van der Waals surface area contributed by atoms with Crippen molar-refractivity contribution in [3.63, 3.8) is 0 Å². The summed E-state index contributed by atoms with van der Waals surface area (Å²) in [6, 6.07) is 14.1. The number of rotatable bonds is 4. The molecule has 4 N–H and O–H groups in total. The molecular formula is C15H16N2O2. The molecule has 0 aliphatic carbocycles. The molecule has 0 saturated carbocycles. The van der Waals surface area contributed by atoms with E-state index in [1.807, 2.05) is 18.2 Å². The molecule has 0 unspecified atom stereocenters. The molecule has 2 aromatic carbocycles. The summed E-state index contributed by atoms with van der Waals surface area (Å²) in [7, 11) is 0. The second-order valence-electron chi connectivity index (χ2n) is 4.32. The second-order valence-corrected chi connectivity index (χ2v) is 4.32. The number of benzene rings is 2. The fraction of sp³-hybridized carbons (Fsp3) is 0.133. The van der Waals surface area contributed by atoms with Crippen LogP contribution in [0, 0.1) is 0 Å². The zero-order valence-electron chi connectivity index (χ0n) is 10.5. The minimum absolute atomic E-state index is 0.103. The molecule has 19 heavy (non-hydrogen) atoms. The number of hydrogen-bond acceptors (Lipinski definition) is 3. The normalized spacial score (nSPS) is 10.1. The van der Waals surface area contributed by atoms with E-state index in [-0.39, 0.29) is 18.1 Å². The predicted molar refractivity (Wildman–Crippen MR) is 74.5 cm³/mol. The molecule has 0 heterocycles. The summed E-state index contributed by atoms with van der Waals surface area (Å²) in [5.41, 5.74) is 8.13. The number of anilines is 1. The zero-order valence-corrected chi connectivity index (χ0v) is 10.5. The molecule has 0 bridgehead atoms. The van der Waals surface area contributed by atoms with E-state index in [2.05, 4.69) is 5.32 Å². The lowest BCUT2D eigenvalue weighted by atomic mass is 10.1. The van der Waals surface area contributed by atoms with E-state index in [1.54, 1.807) is 30.3 Å². The highest BCUT2D eigenvalue weighted by Gasteiger charge is 2.05. The molecule has 1 amide bonds. The Balaban J connectivity index is 1.90. The minimum atomic E-state index is -0.103. The van der Waals surface area contributed by atoms with E-state index in [1.165, 1.54) is 0 Å². The van der Waals surface area contributed by atoms with Crippen LogP contribution in [0.4, 0.5) is 5.69 Å². The van der Waals surface area contributed by atoms with Crippen molar-refractivity contribution in [2.24, 2.45) is 0 Å². The van der Waals surface area contributed by atoms with E-state index in [4.69, 9.17) is 5.73 Å². The van der Waals surface area contributed by atoms with Gasteiger partial charge in [-0.1, -0.05) is 30.3 Å². The van der Waals surface area contributed by atoms with Gasteiger partial charge in [-0.25, -0.2) is 0 Å². The molecular weight excluding hydrogens is 240 g/mol. The molecule has 2 rings (SSSR count). The van der Waals surface area contributed by atoms with E-state index in [0.29, 0.717) is 12.2 Å². The van der Waals surface area contributed by atoms with Crippen LogP contribution in [0.5, 0.6) is 5.75 Å². The van der Waals surface area contributed by atoms with Gasteiger partial charge >= 0.3 is 0 Å². The lowest BCUT2D eigenvalue weighted by molar-refractivity contribution is -0.120. The summed E-state index contributed by atoms with van der Waals surface area (Å²) >= 11 is 0. The highest BCUT2D eigenvalue weighted by Crippen LogP contribution is 2.12. The molecule has 4 heteroatoms. The van der Waals surface area contributed by atoms with Gasteiger partial charge in [-0.05, 0) is 29.3 Å². The van der Waals surface area contributed by atoms with Gasteiger partial charge in [0.05, 0.1) is 6.42 Å². The molecule has 2 aromatic rings. The fourth-order valence-electron chi connectivity index (χ4n) is 1.80. The Morgan fingerprint density at radius 1 is 1.16 bits per heavy atom. The number of aromatic hydroxyl groups is 1. The van der Waals surface area contributed by atoms with Crippen molar-refractivity contribution in [1.29, 1.82) is 0 Å². The number of nitrogen functional groups attached to an aromatic ring is 1. The lowest BCUT2D eigenvalue weighted by Gasteiger charge is -2.08. The zero-order chi connectivity index (χ0) is 13.7. The lowest BCUT2D eigenvalue weighted by Crippen LogP contribution is -2.24. The van der Waals surface area contributed by atoms with Crippen molar-refractivity contribution in [2.45, 2.75) is 13.0 Å². The van der Waals surface area contributed by atoms with Crippen molar-refractivity contribution in [3.8, 4) is 5.75 Å². The summed E-state index contributed by atoms with van der Waals surface area (Å²) in [4.78, 5) is 11.8. The van der Waals surface area contributed by atoms with E-state index in [9.17, 15) is 9.90 Å². The number of carbonyl (C=O) groups is 1. The van der Waals surface area contributed by atoms with Crippen LogP contribution in [0.25, 0.3) is 0 Å². The number of carbonyl (C=O) groups excluding carboxylic acids is 1. The van der Waals surface area contributed by atoms with E-state index < -0.39 is 0 Å². The standard InChI is InChI=1S/C15H16N2O2/c16-14-7-2-1-5-12(14)10-17-15(19)9-11-4-3-6-13(18)8-11/h1-8,18H,9-10,16H2,(H,17,19). The van der Waals surface area contributed by atoms with Crippen molar-refractivity contribution >= 4 is 11.6 Å². The first-order valence-corrected chi connectivity index (χ1v) is 6.03. The molecule has 0 saturated heterocycles. The topological polar surface area (TPSA) is 75.3 Å². The molecule has 0 aliphatic rings. The molecule has 0 radical (unpaired) electrons. The Labute approximate surface area is 111 Å². The highest BCUT2D eigenvalue weighted by molar-refractivity contribution is 5.78. The third kappa shape index (κ3) is 3.74. The van der Waals surface area contributed by atoms with Crippen LogP contribution in [0.2, 0.25) is 0 Å². The second kappa shape index (κ2) is 5.91. The number of phenolic OH excluding ortho intramolecular Hbond substituents is 1. The number of phenols is 1. The predicted octanol–water partition coefficient (Wildman–Crippen LogP) is 1.83. The van der Waals surface area contributed by atoms with Gasteiger partial charge in [0, 0.05) is 12.2 Å². The smallest absolute Gasteiger partial charge is 0.224 e. The van der Waals surface area contributed by atoms with Gasteiger partial charge in [0.25, 0.3) is 0 Å². The Kier molecular flexibility index (Phi) is 4.03. The first kappa shape index (κ1) is 13.0. The fourth-order valence-corrected chi connectivity index (χ4v) is 1.80. The Bertz CT molecular complexity index is 582. The van der Waals surface area contributed by atoms with E-state index >= 15 is 0 Å². The van der Waals surface area contributed by atoms with Crippen LogP contribution in [0.3, 0.4) is 0 Å². The molecule has 98 valence electrons. The van der Waals surface area contributed by atoms with Gasteiger partial charge in [0.2, 0.25) is 5.91 Å². The number of para-hydroxylation sites is 1. The quantitative estimate of drug-likeness (QED) is 0.730. The number of amides is 1. The van der Waals surface area contributed by atoms with Crippen LogP contribution in [-0.2, 0) is 17.8 Å². The van der Waals surface area contributed by atoms with Crippen molar-refractivity contribution < 1.29 is 9.90 Å². The van der Waals surface area contributed by atoms with Crippen LogP contribution >= 0.6 is 0 Å². The van der Waals surface area contributed by atoms with Crippen LogP contribution in [-0.4, -0.2) is 11.0 Å². The summed E-state index contributed by atoms with van der Waals surface area (Å²) in [5.74, 6) is 0.0615. The maximum atomic E-state index is 11.8. The molecule has 0 spiro atoms. The third-order valence-corrected chi connectivity index (χ3v) is 2.81. The largest absolute Gasteiger partial charge is 0.508 e. The van der Waals surface area contributed by atoms with E-state index in [0.717, 1.165) is 11.1 Å². The Morgan fingerprint density at radius 2 is 1.95 bits per heavy atom. The summed E-state index contributed by atoms with van der Waals surface area (Å²) < 4.78 is 0. The molecule has 0 fully saturated rings. The number of nitrogens with one attached hydrogen (secondary N) is 1. The maximum absolute atomic E-state index is 11.8. The van der Waals surface area contributed by atoms with Gasteiger partial charge in [-0.2, -0.15) is 0 Å². The first-order valence-electron chi connectivity index (χ1n) is 6.03. The average molecular weight is 256 g/mol. The summed E-state index contributed by atoms with van der Waals surface area (Å²) in [6.45, 7) is 0.407. The molecule has 0 aliphatic heterocycles. The first-order chi connectivity index (χ1) is 9.15. The molecule has 4 nitrogen and oxygen atoms in total. The monoisotopic (exact) mass is 256 g/mol. The van der Waals surface area contributed by atoms with Crippen LogP contribution in [0.1, 0.15) is 11.1 Å². The Hall–Kier alpha value is -2.49. The number of hydrogen-bond donors (Lipinski definition) is 3. The Morgan fingerprint density at radius 3 is 2.68 bits per heavy atom. The van der Waals surface area contributed by atoms with Crippen LogP contribution in [0.15, 0.2) is 48.5 Å². The third-order valence-electron chi connectivity index (χ3n) is 2.81. The average Bonchev–Trinajstić information content (AvgIpc) is 2.38. The van der Waals surface area contributed by atoms with Gasteiger partial charge in [0.15, 0.2) is 0 Å². The van der Waals surface area contributed by atoms with Crippen molar-refractivity contribution in [1.82, 2.24) is 5.32 Å².